The van der Waals surface area contributed by atoms with Crippen molar-refractivity contribution < 1.29 is 33.5 Å². The second-order valence-corrected chi connectivity index (χ2v) is 3.60. The summed E-state index contributed by atoms with van der Waals surface area (Å²) in [5.41, 5.74) is 0. The minimum absolute atomic E-state index is 0. The molecule has 0 aromatic carbocycles. The predicted molar refractivity (Wildman–Crippen MR) is 51.1 cm³/mol. The van der Waals surface area contributed by atoms with Crippen LogP contribution in [0.15, 0.2) is 0 Å². The van der Waals surface area contributed by atoms with Crippen LogP contribution < -0.4 is 28.9 Å². The highest BCUT2D eigenvalue weighted by Crippen LogP contribution is 1.89. The molecule has 0 aliphatic carbocycles. The van der Waals surface area contributed by atoms with E-state index in [1.807, 2.05) is 0 Å². The van der Waals surface area contributed by atoms with Crippen molar-refractivity contribution in [2.24, 2.45) is 0 Å². The van der Waals surface area contributed by atoms with Crippen LogP contribution in [0.4, 0.5) is 0 Å². The van der Waals surface area contributed by atoms with Crippen molar-refractivity contribution in [1.29, 1.82) is 0 Å². The topological polar surface area (TPSA) is 7.45 Å². The number of rotatable bonds is 2. The monoisotopic (exact) mass is 381 g/mol. The van der Waals surface area contributed by atoms with Gasteiger partial charge in [-0.15, -0.1) is 0 Å². The Balaban J connectivity index is 0.000001000. The number of hydrogen-bond acceptors (Lipinski definition) is 0. The van der Waals surface area contributed by atoms with Crippen LogP contribution in [0.25, 0.3) is 0 Å². The standard InChI is InChI=1S/C7H14IN2.HI/c1-3-9-5-6-10(4-2)7(9)8;/h3-6H2,1-2H3;1H/q+1;. The molecule has 1 atom stereocenters. The summed E-state index contributed by atoms with van der Waals surface area (Å²) in [7, 11) is 0. The SMILES string of the molecule is CC[N+]1=C(I)[NH+](CC)CC1.[I-]. The van der Waals surface area contributed by atoms with Gasteiger partial charge in [-0.05, 0) is 13.8 Å². The third-order valence-electron chi connectivity index (χ3n) is 2.06. The van der Waals surface area contributed by atoms with Gasteiger partial charge in [0.15, 0.2) is 6.54 Å². The fraction of sp³-hybridized carbons (Fsp3) is 0.857. The molecule has 0 amide bonds. The third kappa shape index (κ3) is 2.80. The van der Waals surface area contributed by atoms with Crippen LogP contribution in [0.1, 0.15) is 13.8 Å². The quantitative estimate of drug-likeness (QED) is 0.292. The average molecular weight is 381 g/mol. The van der Waals surface area contributed by atoms with Crippen LogP contribution in [-0.2, 0) is 0 Å². The molecule has 1 aliphatic heterocycles. The van der Waals surface area contributed by atoms with E-state index >= 15 is 0 Å². The summed E-state index contributed by atoms with van der Waals surface area (Å²) in [5, 5.41) is 0. The summed E-state index contributed by atoms with van der Waals surface area (Å²) in [6.45, 7) is 9.40. The highest BCUT2D eigenvalue weighted by Gasteiger charge is 2.29. The zero-order valence-electron chi connectivity index (χ0n) is 7.03. The van der Waals surface area contributed by atoms with Gasteiger partial charge in [0.25, 0.3) is 0 Å². The first-order valence-electron chi connectivity index (χ1n) is 3.92. The first-order chi connectivity index (χ1) is 4.79. The molecule has 0 aromatic heterocycles. The lowest BCUT2D eigenvalue weighted by Gasteiger charge is -2.00. The van der Waals surface area contributed by atoms with Crippen molar-refractivity contribution in [2.75, 3.05) is 26.2 Å². The molecule has 0 radical (unpaired) electrons. The Labute approximate surface area is 99.2 Å². The normalized spacial score (nSPS) is 23.7. The van der Waals surface area contributed by atoms with E-state index in [4.69, 9.17) is 0 Å². The molecule has 1 heterocycles. The average Bonchev–Trinajstić information content (AvgIpc) is 2.30. The van der Waals surface area contributed by atoms with E-state index in [1.165, 1.54) is 30.0 Å². The van der Waals surface area contributed by atoms with Crippen LogP contribution in [0, 0.1) is 0 Å². The van der Waals surface area contributed by atoms with Crippen molar-refractivity contribution in [3.8, 4) is 0 Å². The maximum atomic E-state index is 2.46. The van der Waals surface area contributed by atoms with E-state index in [1.54, 1.807) is 4.90 Å². The Morgan fingerprint density at radius 2 is 2.18 bits per heavy atom. The lowest BCUT2D eigenvalue weighted by molar-refractivity contribution is -0.793. The number of nitrogens with one attached hydrogen (secondary N) is 1. The summed E-state index contributed by atoms with van der Waals surface area (Å²) in [6, 6.07) is 0. The van der Waals surface area contributed by atoms with Crippen molar-refractivity contribution in [3.05, 3.63) is 0 Å². The van der Waals surface area contributed by atoms with Crippen molar-refractivity contribution >= 4 is 26.4 Å². The number of halogens is 2. The van der Waals surface area contributed by atoms with Gasteiger partial charge in [0.05, 0.1) is 6.54 Å². The first-order valence-corrected chi connectivity index (χ1v) is 5.00. The summed E-state index contributed by atoms with van der Waals surface area (Å²) < 4.78 is 3.95. The van der Waals surface area contributed by atoms with Gasteiger partial charge in [-0.3, -0.25) is 0 Å². The second kappa shape index (κ2) is 5.69. The number of nitrogens with zero attached hydrogens (tertiary/aromatic N) is 1. The molecule has 0 aromatic rings. The third-order valence-corrected chi connectivity index (χ3v) is 3.51. The van der Waals surface area contributed by atoms with Gasteiger partial charge in [-0.25, -0.2) is 4.90 Å². The summed E-state index contributed by atoms with van der Waals surface area (Å²) in [4.78, 5) is 1.64. The number of amidine groups is 1. The molecule has 1 N–H and O–H groups in total. The molecule has 11 heavy (non-hydrogen) atoms. The molecular formula is C7H15I2N2+. The highest BCUT2D eigenvalue weighted by molar-refractivity contribution is 14.1. The predicted octanol–water partition coefficient (Wildman–Crippen LogP) is -3.27. The van der Waals surface area contributed by atoms with Crippen LogP contribution in [0.2, 0.25) is 0 Å². The largest absolute Gasteiger partial charge is 1.00 e. The Morgan fingerprint density at radius 3 is 2.45 bits per heavy atom. The maximum Gasteiger partial charge on any atom is 0.395 e. The Hall–Kier alpha value is 1.09. The van der Waals surface area contributed by atoms with Gasteiger partial charge >= 0.3 is 3.84 Å². The smallest absolute Gasteiger partial charge is 0.395 e. The van der Waals surface area contributed by atoms with E-state index in [0.29, 0.717) is 0 Å². The molecule has 66 valence electrons. The molecule has 2 nitrogen and oxygen atoms in total. The lowest BCUT2D eigenvalue weighted by Crippen LogP contribution is -3.12. The molecule has 0 saturated carbocycles. The van der Waals surface area contributed by atoms with Crippen molar-refractivity contribution in [2.45, 2.75) is 13.8 Å². The fourth-order valence-electron chi connectivity index (χ4n) is 1.31. The molecule has 1 rings (SSSR count). The fourth-order valence-corrected chi connectivity index (χ4v) is 2.55. The van der Waals surface area contributed by atoms with Gasteiger partial charge in [-0.2, -0.15) is 4.58 Å². The van der Waals surface area contributed by atoms with E-state index in [0.717, 1.165) is 0 Å². The number of likely N-dealkylation sites (N-methyl/N-ethyl adjacent to an activating group) is 2. The van der Waals surface area contributed by atoms with Gasteiger partial charge < -0.3 is 24.0 Å². The highest BCUT2D eigenvalue weighted by atomic mass is 127. The number of hydrogen-bond donors (Lipinski definition) is 1. The zero-order chi connectivity index (χ0) is 7.56. The molecule has 4 heteroatoms. The molecule has 0 fully saturated rings. The van der Waals surface area contributed by atoms with Crippen LogP contribution in [0.3, 0.4) is 0 Å². The minimum atomic E-state index is 0. The van der Waals surface area contributed by atoms with Gasteiger partial charge in [0.2, 0.25) is 0 Å². The summed E-state index contributed by atoms with van der Waals surface area (Å²) in [5.74, 6) is 0. The summed E-state index contributed by atoms with van der Waals surface area (Å²) >= 11 is 2.46. The van der Waals surface area contributed by atoms with E-state index in [2.05, 4.69) is 41.0 Å². The Bertz CT molecular complexity index is 157. The summed E-state index contributed by atoms with van der Waals surface area (Å²) in [6.07, 6.45) is 0. The molecule has 1 unspecified atom stereocenters. The van der Waals surface area contributed by atoms with Crippen LogP contribution in [-0.4, -0.2) is 34.6 Å². The van der Waals surface area contributed by atoms with E-state index < -0.39 is 0 Å². The lowest BCUT2D eigenvalue weighted by atomic mass is 10.5. The molecule has 1 aliphatic rings. The maximum absolute atomic E-state index is 2.46. The first kappa shape index (κ1) is 12.1. The molecule has 0 saturated heterocycles. The van der Waals surface area contributed by atoms with Gasteiger partial charge in [0, 0.05) is 0 Å². The number of quaternary nitrogens is 1. The Morgan fingerprint density at radius 1 is 1.55 bits per heavy atom. The van der Waals surface area contributed by atoms with Crippen LogP contribution in [0.5, 0.6) is 0 Å². The molecular weight excluding hydrogens is 366 g/mol. The Kier molecular flexibility index (Phi) is 6.25. The molecule has 0 spiro atoms. The van der Waals surface area contributed by atoms with Crippen molar-refractivity contribution in [1.82, 2.24) is 0 Å². The van der Waals surface area contributed by atoms with E-state index in [9.17, 15) is 0 Å². The minimum Gasteiger partial charge on any atom is -1.00 e. The van der Waals surface area contributed by atoms with Gasteiger partial charge in [0.1, 0.15) is 35.7 Å². The van der Waals surface area contributed by atoms with E-state index in [-0.39, 0.29) is 24.0 Å². The van der Waals surface area contributed by atoms with Crippen LogP contribution >= 0.6 is 22.6 Å². The zero-order valence-corrected chi connectivity index (χ0v) is 11.3. The molecule has 0 bridgehead atoms. The van der Waals surface area contributed by atoms with Crippen molar-refractivity contribution in [3.63, 3.8) is 0 Å². The van der Waals surface area contributed by atoms with Gasteiger partial charge in [-0.1, -0.05) is 0 Å². The second-order valence-electron chi connectivity index (χ2n) is 2.58.